The van der Waals surface area contributed by atoms with Crippen molar-refractivity contribution in [2.45, 2.75) is 38.4 Å². The Balaban J connectivity index is 1.83. The second-order valence-electron chi connectivity index (χ2n) is 5.43. The number of benzene rings is 1. The number of carbonyl (C=O) groups is 1. The lowest BCUT2D eigenvalue weighted by molar-refractivity contribution is -0.131. The van der Waals surface area contributed by atoms with Gasteiger partial charge >= 0.3 is 0 Å². The van der Waals surface area contributed by atoms with E-state index in [2.05, 4.69) is 29.3 Å². The van der Waals surface area contributed by atoms with E-state index in [-0.39, 0.29) is 12.1 Å². The van der Waals surface area contributed by atoms with E-state index in [4.69, 9.17) is 0 Å². The molecule has 1 aromatic rings. The minimum absolute atomic E-state index is 0.0642. The van der Waals surface area contributed by atoms with Crippen LogP contribution in [0.5, 0.6) is 0 Å². The molecule has 0 radical (unpaired) electrons. The molecule has 1 saturated carbocycles. The lowest BCUT2D eigenvalue weighted by Gasteiger charge is -2.39. The van der Waals surface area contributed by atoms with Gasteiger partial charge in [-0.1, -0.05) is 36.8 Å². The molecule has 0 aromatic heterocycles. The first-order valence-electron chi connectivity index (χ1n) is 6.87. The summed E-state index contributed by atoms with van der Waals surface area (Å²) in [6, 6.07) is 10.6. The lowest BCUT2D eigenvalue weighted by Crippen LogP contribution is -2.44. The van der Waals surface area contributed by atoms with E-state index in [1.54, 1.807) is 0 Å². The lowest BCUT2D eigenvalue weighted by atomic mass is 9.79. The van der Waals surface area contributed by atoms with Crippen molar-refractivity contribution in [1.29, 1.82) is 0 Å². The fourth-order valence-corrected chi connectivity index (χ4v) is 3.04. The Hall–Kier alpha value is -1.35. The third-order valence-corrected chi connectivity index (χ3v) is 4.40. The van der Waals surface area contributed by atoms with Gasteiger partial charge in [-0.15, -0.1) is 0 Å². The van der Waals surface area contributed by atoms with E-state index in [9.17, 15) is 4.79 Å². The van der Waals surface area contributed by atoms with E-state index in [1.807, 2.05) is 18.2 Å². The highest BCUT2D eigenvalue weighted by Crippen LogP contribution is 2.36. The maximum atomic E-state index is 12.1. The van der Waals surface area contributed by atoms with Gasteiger partial charge < -0.3 is 4.90 Å². The van der Waals surface area contributed by atoms with Crippen molar-refractivity contribution in [2.24, 2.45) is 5.92 Å². The van der Waals surface area contributed by atoms with Crippen molar-refractivity contribution >= 4 is 5.91 Å². The van der Waals surface area contributed by atoms with Crippen LogP contribution in [0, 0.1) is 5.92 Å². The molecule has 96 valence electrons. The summed E-state index contributed by atoms with van der Waals surface area (Å²) in [5.41, 5.74) is 1.19. The molecule has 1 aliphatic carbocycles. The Labute approximate surface area is 108 Å². The van der Waals surface area contributed by atoms with E-state index < -0.39 is 0 Å². The summed E-state index contributed by atoms with van der Waals surface area (Å²) in [5, 5.41) is 3.33. The summed E-state index contributed by atoms with van der Waals surface area (Å²) in [4.78, 5) is 14.2. The molecule has 18 heavy (non-hydrogen) atoms. The highest BCUT2D eigenvalue weighted by molar-refractivity contribution is 5.81. The van der Waals surface area contributed by atoms with E-state index in [1.165, 1.54) is 24.8 Å². The van der Waals surface area contributed by atoms with Gasteiger partial charge in [0.15, 0.2) is 0 Å². The van der Waals surface area contributed by atoms with E-state index in [0.717, 1.165) is 0 Å². The van der Waals surface area contributed by atoms with Crippen LogP contribution in [0.2, 0.25) is 0 Å². The molecule has 2 fully saturated rings. The van der Waals surface area contributed by atoms with Crippen molar-refractivity contribution in [2.75, 3.05) is 6.54 Å². The van der Waals surface area contributed by atoms with Crippen molar-refractivity contribution in [3.8, 4) is 0 Å². The van der Waals surface area contributed by atoms with Gasteiger partial charge in [0, 0.05) is 6.04 Å². The molecule has 1 heterocycles. The van der Waals surface area contributed by atoms with Crippen LogP contribution in [0.4, 0.5) is 0 Å². The fourth-order valence-electron chi connectivity index (χ4n) is 3.04. The van der Waals surface area contributed by atoms with Gasteiger partial charge in [0.05, 0.1) is 6.54 Å². The first kappa shape index (κ1) is 11.7. The van der Waals surface area contributed by atoms with Gasteiger partial charge in [0.2, 0.25) is 5.91 Å². The molecule has 3 nitrogen and oxygen atoms in total. The number of hydrogen-bond acceptors (Lipinski definition) is 2. The number of hydrogen-bond donors (Lipinski definition) is 1. The summed E-state index contributed by atoms with van der Waals surface area (Å²) in [7, 11) is 0. The number of amides is 1. The highest BCUT2D eigenvalue weighted by atomic mass is 16.2. The van der Waals surface area contributed by atoms with Crippen LogP contribution < -0.4 is 5.32 Å². The number of rotatable bonds is 3. The summed E-state index contributed by atoms with van der Waals surface area (Å²) < 4.78 is 0. The molecule has 1 aliphatic heterocycles. The molecular weight excluding hydrogens is 224 g/mol. The predicted molar refractivity (Wildman–Crippen MR) is 70.8 cm³/mol. The van der Waals surface area contributed by atoms with Crippen LogP contribution in [0.25, 0.3) is 0 Å². The van der Waals surface area contributed by atoms with Gasteiger partial charge in [-0.3, -0.25) is 10.1 Å². The second-order valence-corrected chi connectivity index (χ2v) is 5.43. The second kappa shape index (κ2) is 4.73. The Morgan fingerprint density at radius 3 is 2.61 bits per heavy atom. The van der Waals surface area contributed by atoms with Crippen LogP contribution in [-0.4, -0.2) is 23.4 Å². The Morgan fingerprint density at radius 1 is 1.28 bits per heavy atom. The fraction of sp³-hybridized carbons (Fsp3) is 0.533. The standard InChI is InChI=1S/C15H20N2O/c1-11(12-8-5-9-12)17-14(18)10-16-15(17)13-6-3-2-4-7-13/h2-4,6-7,11-12,15-16H,5,8-10H2,1H3. The molecule has 1 N–H and O–H groups in total. The number of nitrogens with one attached hydrogen (secondary N) is 1. The zero-order chi connectivity index (χ0) is 12.5. The van der Waals surface area contributed by atoms with Gasteiger partial charge in [0.1, 0.15) is 6.17 Å². The molecule has 2 atom stereocenters. The smallest absolute Gasteiger partial charge is 0.238 e. The van der Waals surface area contributed by atoms with Crippen molar-refractivity contribution < 1.29 is 4.79 Å². The number of nitrogens with zero attached hydrogens (tertiary/aromatic N) is 1. The maximum absolute atomic E-state index is 12.1. The quantitative estimate of drug-likeness (QED) is 0.885. The molecular formula is C15H20N2O. The normalized spacial score (nSPS) is 26.2. The first-order valence-corrected chi connectivity index (χ1v) is 6.87. The Bertz CT molecular complexity index is 427. The van der Waals surface area contributed by atoms with Crippen molar-refractivity contribution in [1.82, 2.24) is 10.2 Å². The Morgan fingerprint density at radius 2 is 2.00 bits per heavy atom. The molecule has 3 heteroatoms. The minimum atomic E-state index is 0.0642. The summed E-state index contributed by atoms with van der Waals surface area (Å²) in [6.45, 7) is 2.67. The minimum Gasteiger partial charge on any atom is -0.319 e. The third kappa shape index (κ3) is 1.93. The molecule has 0 bridgehead atoms. The molecule has 2 unspecified atom stereocenters. The van der Waals surface area contributed by atoms with Crippen LogP contribution >= 0.6 is 0 Å². The topological polar surface area (TPSA) is 32.3 Å². The van der Waals surface area contributed by atoms with Gasteiger partial charge in [-0.05, 0) is 31.2 Å². The van der Waals surface area contributed by atoms with Gasteiger partial charge in [0.25, 0.3) is 0 Å². The highest BCUT2D eigenvalue weighted by Gasteiger charge is 2.39. The average molecular weight is 244 g/mol. The van der Waals surface area contributed by atoms with Crippen LogP contribution in [0.15, 0.2) is 30.3 Å². The summed E-state index contributed by atoms with van der Waals surface area (Å²) in [6.07, 6.45) is 3.92. The largest absolute Gasteiger partial charge is 0.319 e. The number of carbonyl (C=O) groups excluding carboxylic acids is 1. The van der Waals surface area contributed by atoms with E-state index >= 15 is 0 Å². The van der Waals surface area contributed by atoms with Crippen molar-refractivity contribution in [3.05, 3.63) is 35.9 Å². The summed E-state index contributed by atoms with van der Waals surface area (Å²) in [5.74, 6) is 0.934. The predicted octanol–water partition coefficient (Wildman–Crippen LogP) is 2.31. The third-order valence-electron chi connectivity index (χ3n) is 4.40. The zero-order valence-electron chi connectivity index (χ0n) is 10.8. The van der Waals surface area contributed by atoms with E-state index in [0.29, 0.717) is 18.5 Å². The van der Waals surface area contributed by atoms with Crippen molar-refractivity contribution in [3.63, 3.8) is 0 Å². The van der Waals surface area contributed by atoms with Crippen LogP contribution in [0.1, 0.15) is 37.9 Å². The molecule has 1 saturated heterocycles. The molecule has 1 aromatic carbocycles. The summed E-state index contributed by atoms with van der Waals surface area (Å²) >= 11 is 0. The van der Waals surface area contributed by atoms with Crippen LogP contribution in [0.3, 0.4) is 0 Å². The monoisotopic (exact) mass is 244 g/mol. The zero-order valence-corrected chi connectivity index (χ0v) is 10.8. The molecule has 1 amide bonds. The maximum Gasteiger partial charge on any atom is 0.238 e. The molecule has 3 rings (SSSR count). The SMILES string of the molecule is CC(C1CCC1)N1C(=O)CNC1c1ccccc1. The van der Waals surface area contributed by atoms with Gasteiger partial charge in [-0.25, -0.2) is 0 Å². The molecule has 0 spiro atoms. The average Bonchev–Trinajstić information content (AvgIpc) is 2.70. The van der Waals surface area contributed by atoms with Gasteiger partial charge in [-0.2, -0.15) is 0 Å². The first-order chi connectivity index (χ1) is 8.77. The Kier molecular flexibility index (Phi) is 3.08. The van der Waals surface area contributed by atoms with Crippen LogP contribution in [-0.2, 0) is 4.79 Å². The molecule has 2 aliphatic rings.